The molecule has 1 aromatic heterocycles. The Hall–Kier alpha value is -1.17. The molecule has 6 heteroatoms. The van der Waals surface area contributed by atoms with Gasteiger partial charge in [0.1, 0.15) is 10.8 Å². The number of anilines is 2. The Balaban J connectivity index is 2.47. The highest BCUT2D eigenvalue weighted by atomic mass is 79.9. The number of benzene rings is 1. The zero-order valence-electron chi connectivity index (χ0n) is 11.0. The van der Waals surface area contributed by atoms with Crippen molar-refractivity contribution in [3.63, 3.8) is 0 Å². The molecule has 0 fully saturated rings. The van der Waals surface area contributed by atoms with E-state index in [0.717, 1.165) is 21.4 Å². The van der Waals surface area contributed by atoms with Crippen molar-refractivity contribution >= 4 is 56.2 Å². The number of aryl methyl sites for hydroxylation is 2. The molecule has 0 unspecified atom stereocenters. The Labute approximate surface area is 136 Å². The molecule has 0 saturated heterocycles. The van der Waals surface area contributed by atoms with E-state index in [0.29, 0.717) is 21.4 Å². The van der Waals surface area contributed by atoms with Crippen LogP contribution < -0.4 is 11.1 Å². The van der Waals surface area contributed by atoms with Crippen LogP contribution in [0, 0.1) is 13.8 Å². The fraction of sp³-hybridized carbons (Fsp3) is 0.143. The number of hydrogen-bond acceptors (Lipinski definition) is 3. The summed E-state index contributed by atoms with van der Waals surface area (Å²) in [5.41, 5.74) is 9.12. The van der Waals surface area contributed by atoms with Crippen LogP contribution in [-0.2, 0) is 0 Å². The first kappa shape index (κ1) is 15.2. The number of aromatic nitrogens is 1. The fourth-order valence-corrected chi connectivity index (χ4v) is 2.61. The van der Waals surface area contributed by atoms with E-state index >= 15 is 0 Å². The number of rotatable bonds is 3. The van der Waals surface area contributed by atoms with Crippen LogP contribution >= 0.6 is 39.7 Å². The minimum Gasteiger partial charge on any atom is -0.389 e. The van der Waals surface area contributed by atoms with Crippen LogP contribution in [0.5, 0.6) is 0 Å². The Morgan fingerprint density at radius 3 is 2.70 bits per heavy atom. The molecule has 1 aromatic carbocycles. The molecule has 0 radical (unpaired) electrons. The highest BCUT2D eigenvalue weighted by molar-refractivity contribution is 9.10. The number of pyridine rings is 1. The summed E-state index contributed by atoms with van der Waals surface area (Å²) in [7, 11) is 0. The van der Waals surface area contributed by atoms with Gasteiger partial charge in [0, 0.05) is 15.2 Å². The molecule has 104 valence electrons. The number of nitrogens with zero attached hydrogens (tertiary/aromatic N) is 1. The predicted octanol–water partition coefficient (Wildman–Crippen LogP) is 4.49. The zero-order chi connectivity index (χ0) is 14.9. The lowest BCUT2D eigenvalue weighted by Crippen LogP contribution is -2.13. The third kappa shape index (κ3) is 3.29. The van der Waals surface area contributed by atoms with Gasteiger partial charge in [0.2, 0.25) is 0 Å². The first-order valence-corrected chi connectivity index (χ1v) is 7.46. The van der Waals surface area contributed by atoms with Crippen molar-refractivity contribution in [1.82, 2.24) is 4.98 Å². The van der Waals surface area contributed by atoms with E-state index < -0.39 is 0 Å². The van der Waals surface area contributed by atoms with Gasteiger partial charge < -0.3 is 11.1 Å². The normalized spacial score (nSPS) is 10.4. The summed E-state index contributed by atoms with van der Waals surface area (Å²) in [6.07, 6.45) is 0. The summed E-state index contributed by atoms with van der Waals surface area (Å²) in [5.74, 6) is 0.623. The minimum atomic E-state index is 0.300. The van der Waals surface area contributed by atoms with Gasteiger partial charge in [-0.3, -0.25) is 0 Å². The molecule has 0 bridgehead atoms. The third-order valence-electron chi connectivity index (χ3n) is 2.80. The summed E-state index contributed by atoms with van der Waals surface area (Å²) in [4.78, 5) is 4.74. The first-order chi connectivity index (χ1) is 9.38. The smallest absolute Gasteiger partial charge is 0.140 e. The van der Waals surface area contributed by atoms with Crippen LogP contribution in [0.25, 0.3) is 0 Å². The number of thiocarbonyl (C=S) groups is 1. The number of nitrogens with two attached hydrogens (primary N) is 1. The maximum absolute atomic E-state index is 6.15. The Morgan fingerprint density at radius 1 is 1.35 bits per heavy atom. The zero-order valence-corrected chi connectivity index (χ0v) is 14.2. The second-order valence-corrected chi connectivity index (χ2v) is 6.12. The van der Waals surface area contributed by atoms with Crippen LogP contribution in [0.3, 0.4) is 0 Å². The van der Waals surface area contributed by atoms with E-state index in [9.17, 15) is 0 Å². The molecule has 0 saturated carbocycles. The van der Waals surface area contributed by atoms with Crippen molar-refractivity contribution in [2.75, 3.05) is 5.32 Å². The van der Waals surface area contributed by atoms with Gasteiger partial charge in [-0.2, -0.15) is 0 Å². The van der Waals surface area contributed by atoms with Gasteiger partial charge in [-0.1, -0.05) is 23.8 Å². The highest BCUT2D eigenvalue weighted by Crippen LogP contribution is 2.31. The maximum Gasteiger partial charge on any atom is 0.140 e. The van der Waals surface area contributed by atoms with E-state index in [-0.39, 0.29) is 0 Å². The number of halogens is 2. The first-order valence-electron chi connectivity index (χ1n) is 5.88. The molecular formula is C14H13BrClN3S. The minimum absolute atomic E-state index is 0.300. The molecule has 0 aliphatic rings. The number of hydrogen-bond donors (Lipinski definition) is 2. The number of nitrogens with one attached hydrogen (secondary N) is 1. The summed E-state index contributed by atoms with van der Waals surface area (Å²) < 4.78 is 0.900. The summed E-state index contributed by atoms with van der Waals surface area (Å²) >= 11 is 14.7. The average Bonchev–Trinajstić information content (AvgIpc) is 2.35. The van der Waals surface area contributed by atoms with E-state index in [1.807, 2.05) is 38.1 Å². The van der Waals surface area contributed by atoms with Crippen LogP contribution in [-0.4, -0.2) is 9.97 Å². The molecule has 2 rings (SSSR count). The van der Waals surface area contributed by atoms with Crippen LogP contribution in [0.15, 0.2) is 28.7 Å². The van der Waals surface area contributed by atoms with Gasteiger partial charge in [0.15, 0.2) is 0 Å². The van der Waals surface area contributed by atoms with Gasteiger partial charge in [-0.15, -0.1) is 0 Å². The lowest BCUT2D eigenvalue weighted by atomic mass is 10.2. The fourth-order valence-electron chi connectivity index (χ4n) is 1.72. The van der Waals surface area contributed by atoms with E-state index in [1.54, 1.807) is 0 Å². The molecule has 0 aliphatic carbocycles. The van der Waals surface area contributed by atoms with Crippen molar-refractivity contribution in [2.24, 2.45) is 5.73 Å². The predicted molar refractivity (Wildman–Crippen MR) is 92.0 cm³/mol. The standard InChI is InChI=1S/C14H13BrClN3S/c1-7-5-10(15)12(6-11(7)16)19-14-9(13(17)20)4-3-8(2)18-14/h3-6H,1-2H3,(H2,17,20)(H,18,19). The molecule has 1 heterocycles. The molecule has 0 aliphatic heterocycles. The van der Waals surface area contributed by atoms with Crippen LogP contribution in [0.2, 0.25) is 5.02 Å². The second kappa shape index (κ2) is 6.08. The lowest BCUT2D eigenvalue weighted by Gasteiger charge is -2.13. The SMILES string of the molecule is Cc1ccc(C(N)=S)c(Nc2cc(Cl)c(C)cc2Br)n1. The Kier molecular flexibility index (Phi) is 4.62. The molecule has 3 nitrogen and oxygen atoms in total. The van der Waals surface area contributed by atoms with Gasteiger partial charge in [0.05, 0.1) is 11.3 Å². The molecule has 2 aromatic rings. The summed E-state index contributed by atoms with van der Waals surface area (Å²) in [6, 6.07) is 7.52. The van der Waals surface area contributed by atoms with Crippen LogP contribution in [0.1, 0.15) is 16.8 Å². The quantitative estimate of drug-likeness (QED) is 0.781. The monoisotopic (exact) mass is 369 g/mol. The van der Waals surface area contributed by atoms with E-state index in [1.165, 1.54) is 0 Å². The molecular weight excluding hydrogens is 358 g/mol. The molecule has 0 spiro atoms. The second-order valence-electron chi connectivity index (χ2n) is 4.42. The molecule has 0 amide bonds. The summed E-state index contributed by atoms with van der Waals surface area (Å²) in [6.45, 7) is 3.86. The van der Waals surface area contributed by atoms with Crippen molar-refractivity contribution < 1.29 is 0 Å². The lowest BCUT2D eigenvalue weighted by molar-refractivity contribution is 1.19. The topological polar surface area (TPSA) is 50.9 Å². The van der Waals surface area contributed by atoms with E-state index in [2.05, 4.69) is 26.2 Å². The Morgan fingerprint density at radius 2 is 2.05 bits per heavy atom. The Bertz CT molecular complexity index is 688. The molecule has 3 N–H and O–H groups in total. The van der Waals surface area contributed by atoms with Gasteiger partial charge in [-0.05, 0) is 59.6 Å². The van der Waals surface area contributed by atoms with Crippen molar-refractivity contribution in [1.29, 1.82) is 0 Å². The van der Waals surface area contributed by atoms with E-state index in [4.69, 9.17) is 29.6 Å². The van der Waals surface area contributed by atoms with Crippen molar-refractivity contribution in [3.05, 3.63) is 50.6 Å². The van der Waals surface area contributed by atoms with Gasteiger partial charge in [-0.25, -0.2) is 4.98 Å². The molecule has 0 atom stereocenters. The third-order valence-corrected chi connectivity index (χ3v) is 4.08. The van der Waals surface area contributed by atoms with Gasteiger partial charge in [0.25, 0.3) is 0 Å². The van der Waals surface area contributed by atoms with Gasteiger partial charge >= 0.3 is 0 Å². The molecule has 20 heavy (non-hydrogen) atoms. The highest BCUT2D eigenvalue weighted by Gasteiger charge is 2.10. The van der Waals surface area contributed by atoms with Crippen LogP contribution in [0.4, 0.5) is 11.5 Å². The van der Waals surface area contributed by atoms with Crippen molar-refractivity contribution in [3.8, 4) is 0 Å². The largest absolute Gasteiger partial charge is 0.389 e. The summed E-state index contributed by atoms with van der Waals surface area (Å²) in [5, 5.41) is 3.90. The average molecular weight is 371 g/mol. The van der Waals surface area contributed by atoms with Crippen molar-refractivity contribution in [2.45, 2.75) is 13.8 Å². The maximum atomic E-state index is 6.15.